The third-order valence-corrected chi connectivity index (χ3v) is 3.08. The Kier molecular flexibility index (Phi) is 4.05. The molecule has 0 aromatic carbocycles. The smallest absolute Gasteiger partial charge is 0.145 e. The summed E-state index contributed by atoms with van der Waals surface area (Å²) >= 11 is 0. The quantitative estimate of drug-likeness (QED) is 0.647. The molecule has 78 valence electrons. The van der Waals surface area contributed by atoms with E-state index in [9.17, 15) is 9.59 Å². The van der Waals surface area contributed by atoms with Crippen LogP contribution in [-0.2, 0) is 9.59 Å². The van der Waals surface area contributed by atoms with Gasteiger partial charge in [0.2, 0.25) is 0 Å². The van der Waals surface area contributed by atoms with E-state index in [1.54, 1.807) is 6.92 Å². The summed E-state index contributed by atoms with van der Waals surface area (Å²) in [6, 6.07) is 0. The molecule has 1 aliphatic carbocycles. The van der Waals surface area contributed by atoms with E-state index in [1.165, 1.54) is 6.42 Å². The molecule has 14 heavy (non-hydrogen) atoms. The monoisotopic (exact) mass is 194 g/mol. The molecule has 1 unspecified atom stereocenters. The maximum Gasteiger partial charge on any atom is 0.145 e. The van der Waals surface area contributed by atoms with Gasteiger partial charge in [-0.3, -0.25) is 9.59 Å². The molecule has 1 atom stereocenters. The fourth-order valence-corrected chi connectivity index (χ4v) is 2.00. The van der Waals surface area contributed by atoms with Gasteiger partial charge in [0.05, 0.1) is 0 Å². The second kappa shape index (κ2) is 5.08. The Morgan fingerprint density at radius 3 is 2.50 bits per heavy atom. The van der Waals surface area contributed by atoms with Crippen molar-refractivity contribution in [2.45, 2.75) is 46.0 Å². The largest absolute Gasteiger partial charge is 0.299 e. The Bertz CT molecular complexity index is 263. The highest BCUT2D eigenvalue weighted by Crippen LogP contribution is 2.28. The van der Waals surface area contributed by atoms with Crippen molar-refractivity contribution in [3.63, 3.8) is 0 Å². The number of carbonyl (C=O) groups is 2. The van der Waals surface area contributed by atoms with E-state index in [2.05, 4.69) is 0 Å². The van der Waals surface area contributed by atoms with E-state index >= 15 is 0 Å². The van der Waals surface area contributed by atoms with Crippen LogP contribution in [0.2, 0.25) is 0 Å². The molecule has 2 heteroatoms. The van der Waals surface area contributed by atoms with Gasteiger partial charge >= 0.3 is 0 Å². The van der Waals surface area contributed by atoms with Gasteiger partial charge in [0, 0.05) is 5.92 Å². The van der Waals surface area contributed by atoms with Gasteiger partial charge in [-0.25, -0.2) is 0 Å². The molecular formula is C12H18O2. The second-order valence-corrected chi connectivity index (χ2v) is 4.06. The molecule has 0 saturated carbocycles. The van der Waals surface area contributed by atoms with Crippen molar-refractivity contribution in [1.29, 1.82) is 0 Å². The van der Waals surface area contributed by atoms with E-state index in [-0.39, 0.29) is 11.7 Å². The van der Waals surface area contributed by atoms with Crippen molar-refractivity contribution < 1.29 is 9.59 Å². The lowest BCUT2D eigenvalue weighted by molar-refractivity contribution is -0.119. The van der Waals surface area contributed by atoms with Crippen molar-refractivity contribution in [1.82, 2.24) is 0 Å². The van der Waals surface area contributed by atoms with Crippen LogP contribution in [0.1, 0.15) is 46.0 Å². The minimum absolute atomic E-state index is 0.0618. The minimum atomic E-state index is -0.0618. The van der Waals surface area contributed by atoms with Crippen LogP contribution < -0.4 is 0 Å². The topological polar surface area (TPSA) is 34.1 Å². The molecular weight excluding hydrogens is 176 g/mol. The summed E-state index contributed by atoms with van der Waals surface area (Å²) in [5, 5.41) is 0. The highest BCUT2D eigenvalue weighted by molar-refractivity contribution is 5.84. The molecule has 0 heterocycles. The van der Waals surface area contributed by atoms with Crippen LogP contribution >= 0.6 is 0 Å². The summed E-state index contributed by atoms with van der Waals surface area (Å²) < 4.78 is 0. The highest BCUT2D eigenvalue weighted by atomic mass is 16.1. The zero-order chi connectivity index (χ0) is 10.6. The van der Waals surface area contributed by atoms with Crippen molar-refractivity contribution >= 4 is 12.1 Å². The first-order valence-corrected chi connectivity index (χ1v) is 5.34. The van der Waals surface area contributed by atoms with E-state index in [0.717, 1.165) is 43.1 Å². The molecule has 0 bridgehead atoms. The maximum absolute atomic E-state index is 11.3. The standard InChI is InChI=1S/C12H18O2/c1-9(10(2)14)12-7-5-3-4-6-11(12)8-13/h8-9H,3-7H2,1-2H3. The van der Waals surface area contributed by atoms with Gasteiger partial charge in [-0.05, 0) is 38.2 Å². The first-order valence-electron chi connectivity index (χ1n) is 5.34. The van der Waals surface area contributed by atoms with Gasteiger partial charge < -0.3 is 0 Å². The van der Waals surface area contributed by atoms with Crippen LogP contribution in [0.5, 0.6) is 0 Å². The molecule has 0 aromatic heterocycles. The third-order valence-electron chi connectivity index (χ3n) is 3.08. The van der Waals surface area contributed by atoms with Crippen LogP contribution in [0.3, 0.4) is 0 Å². The summed E-state index contributed by atoms with van der Waals surface area (Å²) in [5.74, 6) is 0.106. The molecule has 0 fully saturated rings. The van der Waals surface area contributed by atoms with Gasteiger partial charge in [0.25, 0.3) is 0 Å². The highest BCUT2D eigenvalue weighted by Gasteiger charge is 2.19. The Labute approximate surface area is 85.4 Å². The zero-order valence-corrected chi connectivity index (χ0v) is 9.01. The molecule has 0 aliphatic heterocycles. The van der Waals surface area contributed by atoms with Crippen LogP contribution in [0, 0.1) is 5.92 Å². The first kappa shape index (κ1) is 11.2. The Balaban J connectivity index is 2.92. The van der Waals surface area contributed by atoms with Gasteiger partial charge in [0.1, 0.15) is 12.1 Å². The van der Waals surface area contributed by atoms with Crippen LogP contribution in [0.4, 0.5) is 0 Å². The fourth-order valence-electron chi connectivity index (χ4n) is 2.00. The lowest BCUT2D eigenvalue weighted by atomic mass is 9.90. The number of hydrogen-bond acceptors (Lipinski definition) is 2. The Morgan fingerprint density at radius 1 is 1.29 bits per heavy atom. The fraction of sp³-hybridized carbons (Fsp3) is 0.667. The van der Waals surface area contributed by atoms with Crippen LogP contribution in [-0.4, -0.2) is 12.1 Å². The summed E-state index contributed by atoms with van der Waals surface area (Å²) in [6.45, 7) is 3.51. The summed E-state index contributed by atoms with van der Waals surface area (Å²) in [7, 11) is 0. The molecule has 1 rings (SSSR count). The third kappa shape index (κ3) is 2.53. The second-order valence-electron chi connectivity index (χ2n) is 4.06. The SMILES string of the molecule is CC(=O)C(C)C1=C(C=O)CCCCC1. The predicted molar refractivity (Wildman–Crippen MR) is 56.0 cm³/mol. The number of hydrogen-bond donors (Lipinski definition) is 0. The molecule has 0 saturated heterocycles. The molecule has 0 amide bonds. The van der Waals surface area contributed by atoms with Gasteiger partial charge in [0.15, 0.2) is 0 Å². The summed E-state index contributed by atoms with van der Waals surface area (Å²) in [6.07, 6.45) is 6.10. The average molecular weight is 194 g/mol. The van der Waals surface area contributed by atoms with Crippen molar-refractivity contribution in [2.75, 3.05) is 0 Å². The minimum Gasteiger partial charge on any atom is -0.299 e. The summed E-state index contributed by atoms with van der Waals surface area (Å²) in [4.78, 5) is 22.1. The molecule has 0 spiro atoms. The number of aldehydes is 1. The average Bonchev–Trinajstić information content (AvgIpc) is 2.40. The first-order chi connectivity index (χ1) is 6.66. The van der Waals surface area contributed by atoms with Crippen molar-refractivity contribution in [3.05, 3.63) is 11.1 Å². The predicted octanol–water partition coefficient (Wildman–Crippen LogP) is 2.67. The normalized spacial score (nSPS) is 20.1. The molecule has 0 N–H and O–H groups in total. The molecule has 2 nitrogen and oxygen atoms in total. The van der Waals surface area contributed by atoms with E-state index < -0.39 is 0 Å². The Hall–Kier alpha value is -0.920. The Morgan fingerprint density at radius 2 is 1.93 bits per heavy atom. The maximum atomic E-state index is 11.3. The summed E-state index contributed by atoms with van der Waals surface area (Å²) in [5.41, 5.74) is 1.97. The molecule has 0 aromatic rings. The number of carbonyl (C=O) groups excluding carboxylic acids is 2. The number of ketones is 1. The zero-order valence-electron chi connectivity index (χ0n) is 9.01. The number of allylic oxidation sites excluding steroid dienone is 2. The lowest BCUT2D eigenvalue weighted by Crippen LogP contribution is -2.11. The molecule has 1 aliphatic rings. The van der Waals surface area contributed by atoms with E-state index in [1.807, 2.05) is 6.92 Å². The van der Waals surface area contributed by atoms with Gasteiger partial charge in [-0.1, -0.05) is 18.9 Å². The van der Waals surface area contributed by atoms with Crippen molar-refractivity contribution in [2.24, 2.45) is 5.92 Å². The number of Topliss-reactive ketones (excluding diaryl/α,β-unsaturated/α-hetero) is 1. The van der Waals surface area contributed by atoms with E-state index in [4.69, 9.17) is 0 Å². The number of rotatable bonds is 3. The van der Waals surface area contributed by atoms with Crippen LogP contribution in [0.15, 0.2) is 11.1 Å². The van der Waals surface area contributed by atoms with E-state index in [0.29, 0.717) is 0 Å². The molecule has 0 radical (unpaired) electrons. The lowest BCUT2D eigenvalue weighted by Gasteiger charge is -2.13. The van der Waals surface area contributed by atoms with Crippen molar-refractivity contribution in [3.8, 4) is 0 Å². The van der Waals surface area contributed by atoms with Crippen LogP contribution in [0.25, 0.3) is 0 Å². The van der Waals surface area contributed by atoms with Gasteiger partial charge in [-0.15, -0.1) is 0 Å². The van der Waals surface area contributed by atoms with Gasteiger partial charge in [-0.2, -0.15) is 0 Å².